The van der Waals surface area contributed by atoms with Crippen LogP contribution in [0.1, 0.15) is 23.7 Å². The molecular weight excluding hydrogens is 314 g/mol. The molecule has 2 N–H and O–H groups in total. The fraction of sp³-hybridized carbons (Fsp3) is 0.250. The van der Waals surface area contributed by atoms with E-state index in [-0.39, 0.29) is 6.42 Å². The third-order valence-electron chi connectivity index (χ3n) is 2.85. The van der Waals surface area contributed by atoms with Gasteiger partial charge >= 0.3 is 5.97 Å². The smallest absolute Gasteiger partial charge is 0.326 e. The average molecular weight is 325 g/mol. The van der Waals surface area contributed by atoms with E-state index < -0.39 is 50.5 Å². The predicted molar refractivity (Wildman–Crippen MR) is 73.9 cm³/mol. The van der Waals surface area contributed by atoms with Crippen molar-refractivity contribution in [2.75, 3.05) is 0 Å². The molecule has 0 spiro atoms. The van der Waals surface area contributed by atoms with Crippen molar-refractivity contribution in [2.24, 2.45) is 0 Å². The van der Waals surface area contributed by atoms with Crippen LogP contribution in [0.5, 0.6) is 0 Å². The molecule has 0 radical (unpaired) electrons. The Kier molecular flexibility index (Phi) is 5.43. The molecule has 11 heteroatoms. The molecule has 0 unspecified atom stereocenters. The number of nitro groups is 2. The molecule has 1 amide bonds. The van der Waals surface area contributed by atoms with Gasteiger partial charge in [0.2, 0.25) is 0 Å². The zero-order valence-corrected chi connectivity index (χ0v) is 11.7. The van der Waals surface area contributed by atoms with E-state index in [4.69, 9.17) is 5.11 Å². The summed E-state index contributed by atoms with van der Waals surface area (Å²) in [5.74, 6) is -4.07. The lowest BCUT2D eigenvalue weighted by molar-refractivity contribution is -0.394. The second-order valence-corrected chi connectivity index (χ2v) is 4.32. The summed E-state index contributed by atoms with van der Waals surface area (Å²) in [5, 5.41) is 32.2. The van der Waals surface area contributed by atoms with E-state index >= 15 is 0 Å². The Morgan fingerprint density at radius 3 is 2.26 bits per heavy atom. The van der Waals surface area contributed by atoms with Crippen molar-refractivity contribution in [1.29, 1.82) is 0 Å². The van der Waals surface area contributed by atoms with Gasteiger partial charge in [-0.25, -0.2) is 4.79 Å². The standard InChI is InChI=1S/C12H11N3O8/c1-2-8(12(18)19)13-11(17)10(16)7-4-3-6(14(20)21)5-9(7)15(22)23/h3-5,8H,2H2,1H3,(H,13,17)(H,18,19)/t8-/m0/s1. The Bertz CT molecular complexity index is 700. The molecule has 0 aliphatic heterocycles. The summed E-state index contributed by atoms with van der Waals surface area (Å²) in [6.07, 6.45) is -0.00327. The number of carboxylic acids is 1. The van der Waals surface area contributed by atoms with E-state index in [0.29, 0.717) is 6.07 Å². The number of hydrogen-bond acceptors (Lipinski definition) is 7. The molecule has 0 bridgehead atoms. The minimum atomic E-state index is -1.37. The van der Waals surface area contributed by atoms with Gasteiger partial charge in [-0.3, -0.25) is 29.8 Å². The maximum absolute atomic E-state index is 11.9. The molecule has 0 saturated heterocycles. The Balaban J connectivity index is 3.17. The maximum Gasteiger partial charge on any atom is 0.326 e. The third-order valence-corrected chi connectivity index (χ3v) is 2.85. The van der Waals surface area contributed by atoms with Gasteiger partial charge in [0.25, 0.3) is 23.1 Å². The van der Waals surface area contributed by atoms with E-state index in [9.17, 15) is 34.6 Å². The van der Waals surface area contributed by atoms with E-state index in [1.807, 2.05) is 5.32 Å². The van der Waals surface area contributed by atoms with Gasteiger partial charge in [0, 0.05) is 6.07 Å². The summed E-state index contributed by atoms with van der Waals surface area (Å²) >= 11 is 0. The maximum atomic E-state index is 11.9. The highest BCUT2D eigenvalue weighted by Crippen LogP contribution is 2.25. The number of nitro benzene ring substituents is 2. The van der Waals surface area contributed by atoms with Crippen LogP contribution in [-0.4, -0.2) is 38.7 Å². The summed E-state index contributed by atoms with van der Waals surface area (Å²) < 4.78 is 0. The van der Waals surface area contributed by atoms with E-state index in [2.05, 4.69) is 0 Å². The molecule has 1 aromatic carbocycles. The van der Waals surface area contributed by atoms with Gasteiger partial charge < -0.3 is 10.4 Å². The highest BCUT2D eigenvalue weighted by atomic mass is 16.6. The Morgan fingerprint density at radius 1 is 1.22 bits per heavy atom. The normalized spacial score (nSPS) is 11.3. The quantitative estimate of drug-likeness (QED) is 0.318. The molecule has 0 fully saturated rings. The second kappa shape index (κ2) is 7.06. The lowest BCUT2D eigenvalue weighted by Gasteiger charge is -2.11. The van der Waals surface area contributed by atoms with Gasteiger partial charge in [-0.2, -0.15) is 0 Å². The number of carbonyl (C=O) groups excluding carboxylic acids is 2. The van der Waals surface area contributed by atoms with Crippen LogP contribution in [0.3, 0.4) is 0 Å². The molecule has 0 aliphatic rings. The number of nitrogens with one attached hydrogen (secondary N) is 1. The van der Waals surface area contributed by atoms with E-state index in [1.54, 1.807) is 0 Å². The molecule has 1 aromatic rings. The first-order valence-electron chi connectivity index (χ1n) is 6.19. The molecule has 1 rings (SSSR count). The highest BCUT2D eigenvalue weighted by Gasteiger charge is 2.30. The number of ketones is 1. The first-order chi connectivity index (χ1) is 10.7. The number of Topliss-reactive ketones (excluding diaryl/α,β-unsaturated/α-hetero) is 1. The van der Waals surface area contributed by atoms with E-state index in [0.717, 1.165) is 12.1 Å². The number of hydrogen-bond donors (Lipinski definition) is 2. The van der Waals surface area contributed by atoms with Crippen LogP contribution in [0.4, 0.5) is 11.4 Å². The second-order valence-electron chi connectivity index (χ2n) is 4.32. The van der Waals surface area contributed by atoms with Crippen LogP contribution >= 0.6 is 0 Å². The number of carbonyl (C=O) groups is 3. The Hall–Kier alpha value is -3.37. The number of benzene rings is 1. The van der Waals surface area contributed by atoms with E-state index in [1.165, 1.54) is 6.92 Å². The summed E-state index contributed by atoms with van der Waals surface area (Å²) in [6.45, 7) is 1.46. The van der Waals surface area contributed by atoms with Crippen molar-refractivity contribution < 1.29 is 29.3 Å². The van der Waals surface area contributed by atoms with Gasteiger partial charge in [-0.15, -0.1) is 0 Å². The fourth-order valence-electron chi connectivity index (χ4n) is 1.66. The average Bonchev–Trinajstić information content (AvgIpc) is 2.50. The van der Waals surface area contributed by atoms with Gasteiger partial charge in [-0.1, -0.05) is 6.92 Å². The monoisotopic (exact) mass is 325 g/mol. The highest BCUT2D eigenvalue weighted by molar-refractivity contribution is 6.44. The predicted octanol–water partition coefficient (Wildman–Crippen LogP) is 0.665. The van der Waals surface area contributed by atoms with Crippen molar-refractivity contribution in [2.45, 2.75) is 19.4 Å². The van der Waals surface area contributed by atoms with Crippen molar-refractivity contribution >= 4 is 29.0 Å². The largest absolute Gasteiger partial charge is 0.480 e. The minimum absolute atomic E-state index is 0.00327. The molecular formula is C12H11N3O8. The molecule has 11 nitrogen and oxygen atoms in total. The summed E-state index contributed by atoms with van der Waals surface area (Å²) in [6, 6.07) is 0.834. The Morgan fingerprint density at radius 2 is 1.83 bits per heavy atom. The first-order valence-corrected chi connectivity index (χ1v) is 6.19. The van der Waals surface area contributed by atoms with Crippen LogP contribution in [-0.2, 0) is 9.59 Å². The number of aliphatic carboxylic acids is 1. The minimum Gasteiger partial charge on any atom is -0.480 e. The molecule has 0 saturated carbocycles. The van der Waals surface area contributed by atoms with Crippen molar-refractivity contribution in [3.63, 3.8) is 0 Å². The summed E-state index contributed by atoms with van der Waals surface area (Å²) in [4.78, 5) is 54.1. The molecule has 0 aliphatic carbocycles. The lowest BCUT2D eigenvalue weighted by Crippen LogP contribution is -2.43. The van der Waals surface area contributed by atoms with Gasteiger partial charge in [0.05, 0.1) is 15.9 Å². The molecule has 23 heavy (non-hydrogen) atoms. The SMILES string of the molecule is CC[C@H](NC(=O)C(=O)c1ccc([N+](=O)[O-])cc1[N+](=O)[O-])C(=O)O. The van der Waals surface area contributed by atoms with Crippen molar-refractivity contribution in [3.05, 3.63) is 44.0 Å². The number of carboxylic acid groups (broad SMARTS) is 1. The van der Waals surface area contributed by atoms with Crippen LogP contribution in [0.2, 0.25) is 0 Å². The topological polar surface area (TPSA) is 170 Å². The molecule has 1 atom stereocenters. The summed E-state index contributed by atoms with van der Waals surface area (Å²) in [7, 11) is 0. The van der Waals surface area contributed by atoms with Crippen LogP contribution < -0.4 is 5.32 Å². The molecule has 0 heterocycles. The Labute approximate surface area is 128 Å². The van der Waals surface area contributed by atoms with Gasteiger partial charge in [0.1, 0.15) is 11.6 Å². The van der Waals surface area contributed by atoms with Crippen LogP contribution in [0.25, 0.3) is 0 Å². The van der Waals surface area contributed by atoms with Gasteiger partial charge in [-0.05, 0) is 12.5 Å². The number of amides is 1. The zero-order chi connectivity index (χ0) is 17.7. The van der Waals surface area contributed by atoms with Crippen molar-refractivity contribution in [3.8, 4) is 0 Å². The molecule has 122 valence electrons. The van der Waals surface area contributed by atoms with Crippen LogP contribution in [0.15, 0.2) is 18.2 Å². The molecule has 0 aromatic heterocycles. The number of non-ortho nitro benzene ring substituents is 1. The number of nitrogens with zero attached hydrogens (tertiary/aromatic N) is 2. The lowest BCUT2D eigenvalue weighted by atomic mass is 10.1. The van der Waals surface area contributed by atoms with Crippen LogP contribution in [0, 0.1) is 20.2 Å². The van der Waals surface area contributed by atoms with Gasteiger partial charge in [0.15, 0.2) is 0 Å². The van der Waals surface area contributed by atoms with Crippen molar-refractivity contribution in [1.82, 2.24) is 5.32 Å². The summed E-state index contributed by atoms with van der Waals surface area (Å²) in [5.41, 5.74) is -2.20. The first kappa shape index (κ1) is 17.7. The number of rotatable bonds is 7. The fourth-order valence-corrected chi connectivity index (χ4v) is 1.66. The third kappa shape index (κ3) is 4.06. The zero-order valence-electron chi connectivity index (χ0n) is 11.7.